The van der Waals surface area contributed by atoms with Crippen LogP contribution in [0.2, 0.25) is 0 Å². The van der Waals surface area contributed by atoms with E-state index in [4.69, 9.17) is 5.73 Å². The van der Waals surface area contributed by atoms with Crippen LogP contribution in [-0.4, -0.2) is 19.1 Å². The number of esters is 1. The molecule has 0 aromatic heterocycles. The van der Waals surface area contributed by atoms with Gasteiger partial charge in [-0.1, -0.05) is 42.5 Å². The highest BCUT2D eigenvalue weighted by molar-refractivity contribution is 5.75. The van der Waals surface area contributed by atoms with E-state index in [2.05, 4.69) is 22.2 Å². The monoisotopic (exact) mass is 284 g/mol. The second kappa shape index (κ2) is 7.45. The van der Waals surface area contributed by atoms with Gasteiger partial charge in [0.15, 0.2) is 0 Å². The third-order valence-corrected chi connectivity index (χ3v) is 3.25. The number of rotatable bonds is 6. The van der Waals surface area contributed by atoms with E-state index in [0.717, 1.165) is 17.8 Å². The Morgan fingerprint density at radius 1 is 1.10 bits per heavy atom. The van der Waals surface area contributed by atoms with Crippen LogP contribution in [0.3, 0.4) is 0 Å². The third-order valence-electron chi connectivity index (χ3n) is 3.25. The molecule has 0 saturated carbocycles. The molecule has 0 saturated heterocycles. The molecule has 21 heavy (non-hydrogen) atoms. The molecule has 0 aliphatic heterocycles. The number of carbonyl (C=O) groups is 1. The Kier molecular flexibility index (Phi) is 5.35. The Bertz CT molecular complexity index is 567. The van der Waals surface area contributed by atoms with Gasteiger partial charge in [-0.2, -0.15) is 0 Å². The molecule has 0 bridgehead atoms. The molecule has 0 heterocycles. The smallest absolute Gasteiger partial charge is 0.322 e. The zero-order valence-electron chi connectivity index (χ0n) is 12.1. The standard InChI is InChI=1S/C17H20N2O2/c1-21-17(20)16(18)11-13-7-9-15(10-8-13)19-12-14-5-3-2-4-6-14/h2-10,16,19H,11-12,18H2,1H3/t16-/m0/s1. The van der Waals surface area contributed by atoms with Crippen LogP contribution in [0.4, 0.5) is 5.69 Å². The van der Waals surface area contributed by atoms with Gasteiger partial charge < -0.3 is 15.8 Å². The molecule has 3 N–H and O–H groups in total. The minimum atomic E-state index is -0.613. The van der Waals surface area contributed by atoms with Gasteiger partial charge in [-0.25, -0.2) is 0 Å². The molecule has 0 fully saturated rings. The Balaban J connectivity index is 1.88. The summed E-state index contributed by atoms with van der Waals surface area (Å²) in [6.45, 7) is 0.780. The quantitative estimate of drug-likeness (QED) is 0.799. The van der Waals surface area contributed by atoms with Gasteiger partial charge in [0.1, 0.15) is 6.04 Å². The minimum absolute atomic E-state index is 0.388. The molecule has 4 heteroatoms. The van der Waals surface area contributed by atoms with Crippen molar-refractivity contribution < 1.29 is 9.53 Å². The van der Waals surface area contributed by atoms with Crippen molar-refractivity contribution >= 4 is 11.7 Å². The summed E-state index contributed by atoms with van der Waals surface area (Å²) in [5.74, 6) is -0.388. The fraction of sp³-hybridized carbons (Fsp3) is 0.235. The van der Waals surface area contributed by atoms with Gasteiger partial charge >= 0.3 is 5.97 Å². The normalized spacial score (nSPS) is 11.7. The van der Waals surface area contributed by atoms with Gasteiger partial charge in [-0.15, -0.1) is 0 Å². The van der Waals surface area contributed by atoms with Crippen LogP contribution in [0.5, 0.6) is 0 Å². The fourth-order valence-electron chi connectivity index (χ4n) is 2.05. The Hall–Kier alpha value is -2.33. The largest absolute Gasteiger partial charge is 0.468 e. The molecule has 0 amide bonds. The van der Waals surface area contributed by atoms with Crippen LogP contribution in [0.15, 0.2) is 54.6 Å². The van der Waals surface area contributed by atoms with Crippen LogP contribution < -0.4 is 11.1 Å². The molecule has 2 aromatic carbocycles. The summed E-state index contributed by atoms with van der Waals surface area (Å²) in [6.07, 6.45) is 0.478. The van der Waals surface area contributed by atoms with Crippen LogP contribution in [-0.2, 0) is 22.5 Å². The Morgan fingerprint density at radius 2 is 1.76 bits per heavy atom. The van der Waals surface area contributed by atoms with E-state index in [9.17, 15) is 4.79 Å². The average Bonchev–Trinajstić information content (AvgIpc) is 2.54. The summed E-state index contributed by atoms with van der Waals surface area (Å²) < 4.78 is 4.62. The van der Waals surface area contributed by atoms with E-state index in [-0.39, 0.29) is 5.97 Å². The second-order valence-corrected chi connectivity index (χ2v) is 4.87. The highest BCUT2D eigenvalue weighted by Crippen LogP contribution is 2.12. The van der Waals surface area contributed by atoms with Crippen LogP contribution in [0, 0.1) is 0 Å². The lowest BCUT2D eigenvalue weighted by Gasteiger charge is -2.10. The summed E-state index contributed by atoms with van der Waals surface area (Å²) in [6, 6.07) is 17.5. The first-order valence-electron chi connectivity index (χ1n) is 6.89. The van der Waals surface area contributed by atoms with E-state index in [1.54, 1.807) is 0 Å². The van der Waals surface area contributed by atoms with Crippen molar-refractivity contribution in [1.82, 2.24) is 0 Å². The van der Waals surface area contributed by atoms with E-state index in [1.807, 2.05) is 42.5 Å². The third kappa shape index (κ3) is 4.61. The topological polar surface area (TPSA) is 64.3 Å². The second-order valence-electron chi connectivity index (χ2n) is 4.87. The molecule has 4 nitrogen and oxygen atoms in total. The first kappa shape index (κ1) is 15.1. The molecule has 2 rings (SSSR count). The molecule has 0 radical (unpaired) electrons. The summed E-state index contributed by atoms with van der Waals surface area (Å²) >= 11 is 0. The number of carbonyl (C=O) groups excluding carboxylic acids is 1. The van der Waals surface area contributed by atoms with Crippen LogP contribution in [0.1, 0.15) is 11.1 Å². The maximum absolute atomic E-state index is 11.3. The number of hydrogen-bond acceptors (Lipinski definition) is 4. The van der Waals surface area contributed by atoms with Crippen molar-refractivity contribution in [2.24, 2.45) is 5.73 Å². The Morgan fingerprint density at radius 3 is 2.38 bits per heavy atom. The summed E-state index contributed by atoms with van der Waals surface area (Å²) in [7, 11) is 1.35. The predicted molar refractivity (Wildman–Crippen MR) is 83.9 cm³/mol. The molecule has 0 aliphatic rings. The number of nitrogens with two attached hydrogens (primary N) is 1. The molecular weight excluding hydrogens is 264 g/mol. The molecule has 2 aromatic rings. The van der Waals surface area contributed by atoms with Gasteiger partial charge in [0, 0.05) is 12.2 Å². The first-order chi connectivity index (χ1) is 10.2. The highest BCUT2D eigenvalue weighted by Gasteiger charge is 2.13. The van der Waals surface area contributed by atoms with Crippen molar-refractivity contribution in [2.45, 2.75) is 19.0 Å². The van der Waals surface area contributed by atoms with E-state index in [1.165, 1.54) is 12.7 Å². The summed E-state index contributed by atoms with van der Waals surface area (Å²) in [5.41, 5.74) is 9.02. The fourth-order valence-corrected chi connectivity index (χ4v) is 2.05. The predicted octanol–water partition coefficient (Wildman–Crippen LogP) is 2.34. The molecular formula is C17H20N2O2. The van der Waals surface area contributed by atoms with E-state index < -0.39 is 6.04 Å². The van der Waals surface area contributed by atoms with Crippen molar-refractivity contribution in [3.63, 3.8) is 0 Å². The molecule has 0 spiro atoms. The number of anilines is 1. The van der Waals surface area contributed by atoms with Gasteiger partial charge in [0.25, 0.3) is 0 Å². The molecule has 0 aliphatic carbocycles. The number of nitrogens with one attached hydrogen (secondary N) is 1. The lowest BCUT2D eigenvalue weighted by Crippen LogP contribution is -2.33. The number of ether oxygens (including phenoxy) is 1. The lowest BCUT2D eigenvalue weighted by molar-refractivity contribution is -0.142. The maximum atomic E-state index is 11.3. The SMILES string of the molecule is COC(=O)[C@@H](N)Cc1ccc(NCc2ccccc2)cc1. The van der Waals surface area contributed by atoms with E-state index >= 15 is 0 Å². The van der Waals surface area contributed by atoms with E-state index in [0.29, 0.717) is 6.42 Å². The van der Waals surface area contributed by atoms with Crippen molar-refractivity contribution in [2.75, 3.05) is 12.4 Å². The number of benzene rings is 2. The number of methoxy groups -OCH3 is 1. The average molecular weight is 284 g/mol. The number of hydrogen-bond donors (Lipinski definition) is 2. The zero-order chi connectivity index (χ0) is 15.1. The first-order valence-corrected chi connectivity index (χ1v) is 6.89. The summed E-state index contributed by atoms with van der Waals surface area (Å²) in [4.78, 5) is 11.3. The zero-order valence-corrected chi connectivity index (χ0v) is 12.1. The van der Waals surface area contributed by atoms with Crippen molar-refractivity contribution in [3.05, 3.63) is 65.7 Å². The van der Waals surface area contributed by atoms with Gasteiger partial charge in [-0.3, -0.25) is 4.79 Å². The molecule has 0 unspecified atom stereocenters. The van der Waals surface area contributed by atoms with Crippen molar-refractivity contribution in [3.8, 4) is 0 Å². The maximum Gasteiger partial charge on any atom is 0.322 e. The summed E-state index contributed by atoms with van der Waals surface area (Å²) in [5, 5.41) is 3.35. The van der Waals surface area contributed by atoms with Gasteiger partial charge in [0.2, 0.25) is 0 Å². The molecule has 1 atom stereocenters. The highest BCUT2D eigenvalue weighted by atomic mass is 16.5. The molecule has 110 valence electrons. The lowest BCUT2D eigenvalue weighted by atomic mass is 10.1. The van der Waals surface area contributed by atoms with Gasteiger partial charge in [0.05, 0.1) is 7.11 Å². The van der Waals surface area contributed by atoms with Crippen LogP contribution in [0.25, 0.3) is 0 Å². The van der Waals surface area contributed by atoms with Crippen molar-refractivity contribution in [1.29, 1.82) is 0 Å². The minimum Gasteiger partial charge on any atom is -0.468 e. The Labute approximate surface area is 124 Å². The van der Waals surface area contributed by atoms with Gasteiger partial charge in [-0.05, 0) is 29.7 Å². The van der Waals surface area contributed by atoms with Crippen LogP contribution >= 0.6 is 0 Å².